The minimum atomic E-state index is -0.199. The number of hydrogen-bond acceptors (Lipinski definition) is 2. The van der Waals surface area contributed by atoms with Crippen LogP contribution in [0.5, 0.6) is 0 Å². The van der Waals surface area contributed by atoms with Crippen LogP contribution in [0.25, 0.3) is 0 Å². The van der Waals surface area contributed by atoms with E-state index in [2.05, 4.69) is 4.99 Å². The van der Waals surface area contributed by atoms with Gasteiger partial charge in [-0.25, -0.2) is 0 Å². The Morgan fingerprint density at radius 2 is 2.07 bits per heavy atom. The molecule has 1 aliphatic carbocycles. The number of amidine groups is 1. The number of nitrogens with zero attached hydrogens (tertiary/aromatic N) is 2. The average Bonchev–Trinajstić information content (AvgIpc) is 2.83. The van der Waals surface area contributed by atoms with Crippen molar-refractivity contribution in [1.82, 2.24) is 4.90 Å². The van der Waals surface area contributed by atoms with Crippen LogP contribution in [-0.4, -0.2) is 36.3 Å². The molecule has 15 heavy (non-hydrogen) atoms. The molecule has 1 aliphatic heterocycles. The highest BCUT2D eigenvalue weighted by atomic mass is 16.2. The lowest BCUT2D eigenvalue weighted by Crippen LogP contribution is -2.29. The Hall–Kier alpha value is -1.06. The van der Waals surface area contributed by atoms with Gasteiger partial charge in [0.2, 0.25) is 5.91 Å². The summed E-state index contributed by atoms with van der Waals surface area (Å²) in [5.41, 5.74) is 5.95. The molecular weight excluding hydrogens is 190 g/mol. The number of likely N-dealkylation sites (tertiary alicyclic amines) is 1. The van der Waals surface area contributed by atoms with Gasteiger partial charge >= 0.3 is 0 Å². The monoisotopic (exact) mass is 209 g/mol. The van der Waals surface area contributed by atoms with Gasteiger partial charge in [0.1, 0.15) is 6.04 Å². The minimum absolute atomic E-state index is 0.121. The van der Waals surface area contributed by atoms with E-state index in [1.165, 1.54) is 12.8 Å². The zero-order chi connectivity index (χ0) is 10.8. The molecule has 0 spiro atoms. The molecule has 1 amide bonds. The second kappa shape index (κ2) is 4.21. The largest absolute Gasteiger partial charge is 0.387 e. The molecule has 4 nitrogen and oxygen atoms in total. The summed E-state index contributed by atoms with van der Waals surface area (Å²) < 4.78 is 0. The molecule has 1 unspecified atom stereocenters. The van der Waals surface area contributed by atoms with Crippen molar-refractivity contribution in [2.24, 2.45) is 16.6 Å². The fraction of sp³-hybridized carbons (Fsp3) is 0.818. The molecule has 0 radical (unpaired) electrons. The third-order valence-electron chi connectivity index (χ3n) is 3.48. The molecule has 1 saturated heterocycles. The van der Waals surface area contributed by atoms with E-state index in [9.17, 15) is 4.79 Å². The first-order valence-electron chi connectivity index (χ1n) is 5.76. The zero-order valence-corrected chi connectivity index (χ0v) is 9.28. The van der Waals surface area contributed by atoms with Crippen molar-refractivity contribution >= 4 is 11.7 Å². The molecule has 0 bridgehead atoms. The maximum atomic E-state index is 11.6. The van der Waals surface area contributed by atoms with Crippen LogP contribution in [0.2, 0.25) is 0 Å². The molecule has 4 heteroatoms. The lowest BCUT2D eigenvalue weighted by atomic mass is 10.1. The first kappa shape index (κ1) is 10.5. The van der Waals surface area contributed by atoms with Gasteiger partial charge < -0.3 is 10.6 Å². The van der Waals surface area contributed by atoms with Crippen molar-refractivity contribution in [3.63, 3.8) is 0 Å². The molecule has 0 aromatic carbocycles. The third kappa shape index (κ3) is 2.13. The Morgan fingerprint density at radius 3 is 2.60 bits per heavy atom. The van der Waals surface area contributed by atoms with Crippen molar-refractivity contribution < 1.29 is 4.79 Å². The van der Waals surface area contributed by atoms with Gasteiger partial charge in [-0.3, -0.25) is 9.79 Å². The van der Waals surface area contributed by atoms with E-state index in [0.717, 1.165) is 25.8 Å². The summed E-state index contributed by atoms with van der Waals surface area (Å²) in [6, 6.07) is -0.199. The number of amides is 1. The SMILES string of the molecule is CN1CCC(N=C(N)C2CCCC2)C1=O. The first-order valence-corrected chi connectivity index (χ1v) is 5.76. The minimum Gasteiger partial charge on any atom is -0.387 e. The fourth-order valence-electron chi connectivity index (χ4n) is 2.43. The second-order valence-electron chi connectivity index (χ2n) is 4.60. The molecule has 2 aliphatic rings. The van der Waals surface area contributed by atoms with E-state index < -0.39 is 0 Å². The van der Waals surface area contributed by atoms with Crippen molar-refractivity contribution in [3.8, 4) is 0 Å². The maximum absolute atomic E-state index is 11.6. The van der Waals surface area contributed by atoms with Crippen molar-refractivity contribution in [3.05, 3.63) is 0 Å². The summed E-state index contributed by atoms with van der Waals surface area (Å²) in [7, 11) is 1.82. The van der Waals surface area contributed by atoms with E-state index in [1.807, 2.05) is 7.05 Å². The molecule has 1 heterocycles. The molecule has 0 aromatic rings. The highest BCUT2D eigenvalue weighted by molar-refractivity contribution is 5.89. The number of hydrogen-bond donors (Lipinski definition) is 1. The normalized spacial score (nSPS) is 29.1. The van der Waals surface area contributed by atoms with Crippen LogP contribution >= 0.6 is 0 Å². The molecule has 0 aromatic heterocycles. The Morgan fingerprint density at radius 1 is 1.40 bits per heavy atom. The van der Waals surface area contributed by atoms with Gasteiger partial charge in [0, 0.05) is 19.5 Å². The number of aliphatic imine (C=N–C) groups is 1. The summed E-state index contributed by atoms with van der Waals surface area (Å²) in [6.07, 6.45) is 5.61. The Bertz CT molecular complexity index is 282. The van der Waals surface area contributed by atoms with Crippen LogP contribution in [0.3, 0.4) is 0 Å². The van der Waals surface area contributed by atoms with Crippen LogP contribution in [0.15, 0.2) is 4.99 Å². The molecule has 84 valence electrons. The summed E-state index contributed by atoms with van der Waals surface area (Å²) >= 11 is 0. The van der Waals surface area contributed by atoms with Crippen molar-refractivity contribution in [2.45, 2.75) is 38.1 Å². The van der Waals surface area contributed by atoms with Gasteiger partial charge in [0.05, 0.1) is 5.84 Å². The number of carbonyl (C=O) groups is 1. The van der Waals surface area contributed by atoms with E-state index in [0.29, 0.717) is 11.8 Å². The van der Waals surface area contributed by atoms with Gasteiger partial charge in [0.25, 0.3) is 0 Å². The lowest BCUT2D eigenvalue weighted by Gasteiger charge is -2.11. The summed E-state index contributed by atoms with van der Waals surface area (Å²) in [5.74, 6) is 1.26. The highest BCUT2D eigenvalue weighted by Gasteiger charge is 2.29. The smallest absolute Gasteiger partial charge is 0.247 e. The molecule has 2 N–H and O–H groups in total. The van der Waals surface area contributed by atoms with Gasteiger partial charge in [-0.1, -0.05) is 12.8 Å². The second-order valence-corrected chi connectivity index (χ2v) is 4.60. The first-order chi connectivity index (χ1) is 7.18. The lowest BCUT2D eigenvalue weighted by molar-refractivity contribution is -0.127. The zero-order valence-electron chi connectivity index (χ0n) is 9.28. The predicted molar refractivity (Wildman–Crippen MR) is 59.6 cm³/mol. The number of likely N-dealkylation sites (N-methyl/N-ethyl adjacent to an activating group) is 1. The maximum Gasteiger partial charge on any atom is 0.247 e. The van der Waals surface area contributed by atoms with E-state index in [-0.39, 0.29) is 11.9 Å². The molecular formula is C11H19N3O. The summed E-state index contributed by atoms with van der Waals surface area (Å²) in [5, 5.41) is 0. The van der Waals surface area contributed by atoms with E-state index >= 15 is 0 Å². The molecule has 2 rings (SSSR count). The van der Waals surface area contributed by atoms with Crippen molar-refractivity contribution in [1.29, 1.82) is 0 Å². The van der Waals surface area contributed by atoms with Gasteiger partial charge in [0.15, 0.2) is 0 Å². The van der Waals surface area contributed by atoms with Gasteiger partial charge in [-0.2, -0.15) is 0 Å². The Labute approximate surface area is 90.5 Å². The van der Waals surface area contributed by atoms with Crippen LogP contribution in [0.1, 0.15) is 32.1 Å². The molecule has 1 atom stereocenters. The van der Waals surface area contributed by atoms with Crippen LogP contribution in [0, 0.1) is 5.92 Å². The topological polar surface area (TPSA) is 58.7 Å². The van der Waals surface area contributed by atoms with Gasteiger partial charge in [-0.05, 0) is 19.3 Å². The summed E-state index contributed by atoms with van der Waals surface area (Å²) in [6.45, 7) is 0.810. The average molecular weight is 209 g/mol. The number of nitrogens with two attached hydrogens (primary N) is 1. The molecule has 2 fully saturated rings. The third-order valence-corrected chi connectivity index (χ3v) is 3.48. The number of carbonyl (C=O) groups excluding carboxylic acids is 1. The predicted octanol–water partition coefficient (Wildman–Crippen LogP) is 0.764. The Kier molecular flexibility index (Phi) is 2.93. The van der Waals surface area contributed by atoms with Crippen LogP contribution in [-0.2, 0) is 4.79 Å². The fourth-order valence-corrected chi connectivity index (χ4v) is 2.43. The van der Waals surface area contributed by atoms with Crippen LogP contribution < -0.4 is 5.73 Å². The van der Waals surface area contributed by atoms with Crippen molar-refractivity contribution in [2.75, 3.05) is 13.6 Å². The van der Waals surface area contributed by atoms with Crippen LogP contribution in [0.4, 0.5) is 0 Å². The quantitative estimate of drug-likeness (QED) is 0.539. The Balaban J connectivity index is 1.99. The van der Waals surface area contributed by atoms with E-state index in [4.69, 9.17) is 5.73 Å². The highest BCUT2D eigenvalue weighted by Crippen LogP contribution is 2.25. The van der Waals surface area contributed by atoms with E-state index in [1.54, 1.807) is 4.90 Å². The standard InChI is InChI=1S/C11H19N3O/c1-14-7-6-9(11(14)15)13-10(12)8-4-2-3-5-8/h8-9H,2-7H2,1H3,(H2,12,13). The van der Waals surface area contributed by atoms with Gasteiger partial charge in [-0.15, -0.1) is 0 Å². The molecule has 1 saturated carbocycles. The number of rotatable bonds is 2. The summed E-state index contributed by atoms with van der Waals surface area (Å²) in [4.78, 5) is 17.7.